The maximum Gasteiger partial charge on any atom is 0.141 e. The molecule has 1 atom stereocenters. The molecule has 0 spiro atoms. The van der Waals surface area contributed by atoms with E-state index in [2.05, 4.69) is 26.2 Å². The van der Waals surface area contributed by atoms with Crippen LogP contribution < -0.4 is 5.32 Å². The van der Waals surface area contributed by atoms with Crippen molar-refractivity contribution in [2.24, 2.45) is 0 Å². The average Bonchev–Trinajstić information content (AvgIpc) is 2.35. The number of nitrogens with zero attached hydrogens (tertiary/aromatic N) is 1. The number of halogens is 2. The summed E-state index contributed by atoms with van der Waals surface area (Å²) < 4.78 is 14.3. The van der Waals surface area contributed by atoms with Crippen molar-refractivity contribution in [3.05, 3.63) is 63.6 Å². The summed E-state index contributed by atoms with van der Waals surface area (Å²) in [5.41, 5.74) is 3.08. The van der Waals surface area contributed by atoms with Crippen LogP contribution in [-0.4, -0.2) is 12.0 Å². The minimum absolute atomic E-state index is 0.0642. The lowest BCUT2D eigenvalue weighted by Gasteiger charge is -2.19. The van der Waals surface area contributed by atoms with E-state index in [0.717, 1.165) is 21.2 Å². The van der Waals surface area contributed by atoms with E-state index in [0.29, 0.717) is 0 Å². The van der Waals surface area contributed by atoms with Crippen molar-refractivity contribution < 1.29 is 4.39 Å². The highest BCUT2D eigenvalue weighted by molar-refractivity contribution is 9.10. The topological polar surface area (TPSA) is 24.9 Å². The molecule has 1 aromatic heterocycles. The molecule has 0 fully saturated rings. The van der Waals surface area contributed by atoms with Gasteiger partial charge in [0.05, 0.1) is 12.2 Å². The van der Waals surface area contributed by atoms with E-state index in [1.54, 1.807) is 6.20 Å². The Morgan fingerprint density at radius 3 is 2.72 bits per heavy atom. The smallest absolute Gasteiger partial charge is 0.141 e. The summed E-state index contributed by atoms with van der Waals surface area (Å²) in [5, 5.41) is 3.20. The second-order valence-corrected chi connectivity index (χ2v) is 5.07. The first kappa shape index (κ1) is 13.2. The van der Waals surface area contributed by atoms with Gasteiger partial charge in [0.1, 0.15) is 5.82 Å². The molecule has 1 heterocycles. The van der Waals surface area contributed by atoms with Crippen molar-refractivity contribution in [2.75, 3.05) is 7.05 Å². The number of hydrogen-bond acceptors (Lipinski definition) is 2. The molecule has 0 aliphatic carbocycles. The standard InChI is InChI=1S/C14H14BrFN2/c1-9-3-4-11(15)6-13(9)14(17-2)10-5-12(16)8-18-7-10/h3-8,14,17H,1-2H3. The maximum absolute atomic E-state index is 13.3. The monoisotopic (exact) mass is 308 g/mol. The Labute approximate surface area is 114 Å². The van der Waals surface area contributed by atoms with Gasteiger partial charge < -0.3 is 5.32 Å². The van der Waals surface area contributed by atoms with Crippen molar-refractivity contribution in [2.45, 2.75) is 13.0 Å². The van der Waals surface area contributed by atoms with Gasteiger partial charge in [0, 0.05) is 10.7 Å². The van der Waals surface area contributed by atoms with Crippen molar-refractivity contribution in [1.82, 2.24) is 10.3 Å². The van der Waals surface area contributed by atoms with Gasteiger partial charge in [-0.3, -0.25) is 4.98 Å². The summed E-state index contributed by atoms with van der Waals surface area (Å²) in [6, 6.07) is 7.52. The van der Waals surface area contributed by atoms with Gasteiger partial charge >= 0.3 is 0 Å². The van der Waals surface area contributed by atoms with Crippen LogP contribution in [-0.2, 0) is 0 Å². The van der Waals surface area contributed by atoms with Gasteiger partial charge in [0.25, 0.3) is 0 Å². The largest absolute Gasteiger partial charge is 0.309 e. The molecule has 0 aliphatic rings. The number of aryl methyl sites for hydroxylation is 1. The molecular formula is C14H14BrFN2. The van der Waals surface area contributed by atoms with Gasteiger partial charge in [-0.25, -0.2) is 4.39 Å². The Balaban J connectivity index is 2.48. The minimum atomic E-state index is -0.319. The summed E-state index contributed by atoms with van der Waals surface area (Å²) in [6.45, 7) is 2.04. The van der Waals surface area contributed by atoms with Crippen molar-refractivity contribution in [3.63, 3.8) is 0 Å². The van der Waals surface area contributed by atoms with Gasteiger partial charge in [-0.2, -0.15) is 0 Å². The third-order valence-electron chi connectivity index (χ3n) is 2.90. The Morgan fingerprint density at radius 2 is 2.06 bits per heavy atom. The second-order valence-electron chi connectivity index (χ2n) is 4.16. The Bertz CT molecular complexity index is 557. The zero-order chi connectivity index (χ0) is 13.1. The van der Waals surface area contributed by atoms with E-state index < -0.39 is 0 Å². The maximum atomic E-state index is 13.3. The average molecular weight is 309 g/mol. The molecular weight excluding hydrogens is 295 g/mol. The Morgan fingerprint density at radius 1 is 1.28 bits per heavy atom. The van der Waals surface area contributed by atoms with Gasteiger partial charge in [-0.1, -0.05) is 22.0 Å². The zero-order valence-corrected chi connectivity index (χ0v) is 11.8. The molecule has 0 amide bonds. The van der Waals surface area contributed by atoms with Gasteiger partial charge in [-0.15, -0.1) is 0 Å². The number of aromatic nitrogens is 1. The molecule has 18 heavy (non-hydrogen) atoms. The van der Waals surface area contributed by atoms with E-state index in [4.69, 9.17) is 0 Å². The highest BCUT2D eigenvalue weighted by atomic mass is 79.9. The lowest BCUT2D eigenvalue weighted by Crippen LogP contribution is -2.19. The lowest BCUT2D eigenvalue weighted by atomic mass is 9.96. The first-order chi connectivity index (χ1) is 8.61. The summed E-state index contributed by atoms with van der Waals surface area (Å²) in [5.74, 6) is -0.319. The third kappa shape index (κ3) is 2.76. The van der Waals surface area contributed by atoms with Crippen LogP contribution >= 0.6 is 15.9 Å². The predicted molar refractivity (Wildman–Crippen MR) is 74.0 cm³/mol. The fourth-order valence-corrected chi connectivity index (χ4v) is 2.39. The molecule has 1 N–H and O–H groups in total. The highest BCUT2D eigenvalue weighted by Crippen LogP contribution is 2.27. The molecule has 2 aromatic rings. The van der Waals surface area contributed by atoms with E-state index >= 15 is 0 Å². The number of pyridine rings is 1. The van der Waals surface area contributed by atoms with Gasteiger partial charge in [0.2, 0.25) is 0 Å². The van der Waals surface area contributed by atoms with Crippen molar-refractivity contribution in [3.8, 4) is 0 Å². The molecule has 1 aromatic carbocycles. The first-order valence-electron chi connectivity index (χ1n) is 5.65. The third-order valence-corrected chi connectivity index (χ3v) is 3.39. The predicted octanol–water partition coefficient (Wildman–Crippen LogP) is 3.60. The molecule has 94 valence electrons. The molecule has 0 bridgehead atoms. The van der Waals surface area contributed by atoms with Crippen LogP contribution in [0.2, 0.25) is 0 Å². The molecule has 4 heteroatoms. The van der Waals surface area contributed by atoms with Crippen LogP contribution in [0, 0.1) is 12.7 Å². The molecule has 1 unspecified atom stereocenters. The quantitative estimate of drug-likeness (QED) is 0.937. The number of hydrogen-bond donors (Lipinski definition) is 1. The second kappa shape index (κ2) is 5.59. The summed E-state index contributed by atoms with van der Waals surface area (Å²) >= 11 is 3.46. The van der Waals surface area contributed by atoms with E-state index in [9.17, 15) is 4.39 Å². The van der Waals surface area contributed by atoms with Gasteiger partial charge in [-0.05, 0) is 48.9 Å². The van der Waals surface area contributed by atoms with Crippen LogP contribution in [0.5, 0.6) is 0 Å². The summed E-state index contributed by atoms with van der Waals surface area (Å²) in [4.78, 5) is 3.90. The molecule has 2 rings (SSSR count). The SMILES string of the molecule is CNC(c1cncc(F)c1)c1cc(Br)ccc1C. The van der Waals surface area contributed by atoms with Crippen LogP contribution in [0.25, 0.3) is 0 Å². The molecule has 0 radical (unpaired) electrons. The van der Waals surface area contributed by atoms with E-state index in [1.165, 1.54) is 12.3 Å². The van der Waals surface area contributed by atoms with Crippen LogP contribution in [0.15, 0.2) is 41.1 Å². The minimum Gasteiger partial charge on any atom is -0.309 e. The highest BCUT2D eigenvalue weighted by Gasteiger charge is 2.15. The first-order valence-corrected chi connectivity index (χ1v) is 6.45. The fourth-order valence-electron chi connectivity index (χ4n) is 2.01. The molecule has 0 saturated heterocycles. The lowest BCUT2D eigenvalue weighted by molar-refractivity contribution is 0.608. The molecule has 0 aliphatic heterocycles. The van der Waals surface area contributed by atoms with Crippen molar-refractivity contribution in [1.29, 1.82) is 0 Å². The Hall–Kier alpha value is -1.26. The van der Waals surface area contributed by atoms with Crippen molar-refractivity contribution >= 4 is 15.9 Å². The van der Waals surface area contributed by atoms with E-state index in [-0.39, 0.29) is 11.9 Å². The Kier molecular flexibility index (Phi) is 4.09. The van der Waals surface area contributed by atoms with E-state index in [1.807, 2.05) is 32.2 Å². The van der Waals surface area contributed by atoms with Crippen LogP contribution in [0.1, 0.15) is 22.7 Å². The zero-order valence-electron chi connectivity index (χ0n) is 10.2. The number of nitrogens with one attached hydrogen (secondary N) is 1. The summed E-state index contributed by atoms with van der Waals surface area (Å²) in [6.07, 6.45) is 2.90. The fraction of sp³-hybridized carbons (Fsp3) is 0.214. The number of benzene rings is 1. The number of rotatable bonds is 3. The van der Waals surface area contributed by atoms with Gasteiger partial charge in [0.15, 0.2) is 0 Å². The van der Waals surface area contributed by atoms with Crippen LogP contribution in [0.4, 0.5) is 4.39 Å². The summed E-state index contributed by atoms with van der Waals surface area (Å²) in [7, 11) is 1.86. The molecule has 2 nitrogen and oxygen atoms in total. The normalized spacial score (nSPS) is 12.4. The van der Waals surface area contributed by atoms with Crippen LogP contribution in [0.3, 0.4) is 0 Å². The molecule has 0 saturated carbocycles.